The van der Waals surface area contributed by atoms with Gasteiger partial charge in [-0.25, -0.2) is 15.0 Å². The molecule has 8 nitrogen and oxygen atoms in total. The number of thioether (sulfide) groups is 1. The Kier molecular flexibility index (Phi) is 10.4. The highest BCUT2D eigenvalue weighted by Crippen LogP contribution is 2.41. The second kappa shape index (κ2) is 14.6. The third kappa shape index (κ3) is 8.10. The van der Waals surface area contributed by atoms with Gasteiger partial charge < -0.3 is 9.84 Å². The summed E-state index contributed by atoms with van der Waals surface area (Å²) in [5.74, 6) is 2.25. The van der Waals surface area contributed by atoms with Crippen LogP contribution in [0.5, 0.6) is 0 Å². The zero-order valence-corrected chi connectivity index (χ0v) is 26.6. The number of morpholine rings is 1. The summed E-state index contributed by atoms with van der Waals surface area (Å²) in [6.45, 7) is 6.36. The molecule has 0 radical (unpaired) electrons. The molecule has 0 amide bonds. The molecule has 2 atom stereocenters. The molecule has 2 aliphatic heterocycles. The number of ether oxygens (including phenoxy) is 1. The summed E-state index contributed by atoms with van der Waals surface area (Å²) in [6, 6.07) is 10.6. The van der Waals surface area contributed by atoms with Crippen molar-refractivity contribution >= 4 is 46.2 Å². The third-order valence-electron chi connectivity index (χ3n) is 9.51. The molecule has 3 heterocycles. The Labute approximate surface area is 264 Å². The predicted octanol–water partition coefficient (Wildman–Crippen LogP) is 6.68. The maximum atomic E-state index is 12.9. The lowest BCUT2D eigenvalue weighted by molar-refractivity contribution is -0.122. The molecule has 44 heavy (non-hydrogen) atoms. The Hall–Kier alpha value is -2.72. The van der Waals surface area contributed by atoms with Gasteiger partial charge in [-0.3, -0.25) is 14.5 Å². The minimum Gasteiger partial charge on any atom is -0.393 e. The summed E-state index contributed by atoms with van der Waals surface area (Å²) in [4.78, 5) is 43.3. The maximum absolute atomic E-state index is 12.9. The zero-order chi connectivity index (χ0) is 30.5. The van der Waals surface area contributed by atoms with Crippen LogP contribution in [0.1, 0.15) is 99.7 Å². The highest BCUT2D eigenvalue weighted by molar-refractivity contribution is 8.14. The standard InChI is InChI=1S/C35H44N4O4S/c1-23-2-13-35(44-32-20-26(5-10-29(23)32)30-11-8-28(41)9-12-31(30)42)38-34-19-25(22-39-14-16-43-17-15-39)18-33(37-34)36-21-24-3-6-27(40)7-4-24/h5,10,18-21,23-24,27,30,40H,2-4,6-9,11-17,22H2,1H3. The van der Waals surface area contributed by atoms with E-state index in [-0.39, 0.29) is 23.6 Å². The van der Waals surface area contributed by atoms with E-state index in [9.17, 15) is 14.7 Å². The minimum atomic E-state index is -0.210. The number of fused-ring (bicyclic) bond motifs is 1. The lowest BCUT2D eigenvalue weighted by Crippen LogP contribution is -2.35. The Morgan fingerprint density at radius 2 is 1.77 bits per heavy atom. The maximum Gasteiger partial charge on any atom is 0.155 e. The van der Waals surface area contributed by atoms with E-state index in [1.807, 2.05) is 6.21 Å². The number of pyridine rings is 1. The number of ketones is 2. The molecule has 234 valence electrons. The average Bonchev–Trinajstić information content (AvgIpc) is 3.29. The van der Waals surface area contributed by atoms with Crippen molar-refractivity contribution in [2.45, 2.75) is 101 Å². The largest absolute Gasteiger partial charge is 0.393 e. The van der Waals surface area contributed by atoms with Crippen molar-refractivity contribution in [1.29, 1.82) is 0 Å². The van der Waals surface area contributed by atoms with Gasteiger partial charge in [-0.2, -0.15) is 0 Å². The smallest absolute Gasteiger partial charge is 0.155 e. The van der Waals surface area contributed by atoms with Gasteiger partial charge in [0.05, 0.1) is 24.4 Å². The number of aliphatic hydroxyl groups excluding tert-OH is 1. The minimum absolute atomic E-state index is 0.176. The second-order valence-corrected chi connectivity index (χ2v) is 14.0. The quantitative estimate of drug-likeness (QED) is 0.285. The first-order chi connectivity index (χ1) is 21.4. The third-order valence-corrected chi connectivity index (χ3v) is 10.6. The molecule has 3 fully saturated rings. The Balaban J connectivity index is 1.27. The number of hydrogen-bond donors (Lipinski definition) is 1. The average molecular weight is 617 g/mol. The molecule has 1 aromatic carbocycles. The van der Waals surface area contributed by atoms with E-state index in [1.165, 1.54) is 5.56 Å². The fraction of sp³-hybridized carbons (Fsp3) is 0.571. The van der Waals surface area contributed by atoms with Gasteiger partial charge >= 0.3 is 0 Å². The zero-order valence-electron chi connectivity index (χ0n) is 25.7. The predicted molar refractivity (Wildman–Crippen MR) is 175 cm³/mol. The molecule has 1 N–H and O–H groups in total. The fourth-order valence-corrected chi connectivity index (χ4v) is 7.94. The number of aliphatic imine (C=N–C) groups is 2. The van der Waals surface area contributed by atoms with Gasteiger partial charge in [0.25, 0.3) is 0 Å². The summed E-state index contributed by atoms with van der Waals surface area (Å²) in [5, 5.41) is 10.9. The second-order valence-electron chi connectivity index (χ2n) is 12.9. The normalized spacial score (nSPS) is 28.2. The Morgan fingerprint density at radius 1 is 0.977 bits per heavy atom. The van der Waals surface area contributed by atoms with E-state index in [0.29, 0.717) is 49.2 Å². The number of Topliss-reactive ketones (excluding diaryl/α,β-unsaturated/α-hetero) is 2. The van der Waals surface area contributed by atoms with Crippen molar-refractivity contribution in [2.75, 3.05) is 26.3 Å². The summed E-state index contributed by atoms with van der Waals surface area (Å²) in [7, 11) is 0. The van der Waals surface area contributed by atoms with Gasteiger partial charge in [-0.15, -0.1) is 0 Å². The van der Waals surface area contributed by atoms with Gasteiger partial charge in [0.1, 0.15) is 11.6 Å². The van der Waals surface area contributed by atoms with Gasteiger partial charge in [0.15, 0.2) is 11.6 Å². The molecule has 4 aliphatic rings. The first-order valence-electron chi connectivity index (χ1n) is 16.4. The number of carbonyl (C=O) groups is 2. The van der Waals surface area contributed by atoms with Gasteiger partial charge in [0.2, 0.25) is 0 Å². The number of benzene rings is 1. The molecule has 9 heteroatoms. The van der Waals surface area contributed by atoms with Crippen LogP contribution in [0.4, 0.5) is 11.6 Å². The number of nitrogens with zero attached hydrogens (tertiary/aromatic N) is 4. The van der Waals surface area contributed by atoms with Crippen molar-refractivity contribution in [1.82, 2.24) is 9.88 Å². The van der Waals surface area contributed by atoms with Gasteiger partial charge in [-0.05, 0) is 91.7 Å². The van der Waals surface area contributed by atoms with Gasteiger partial charge in [-0.1, -0.05) is 30.8 Å². The van der Waals surface area contributed by atoms with E-state index in [1.54, 1.807) is 11.8 Å². The number of rotatable bonds is 6. The van der Waals surface area contributed by atoms with Crippen LogP contribution in [0.2, 0.25) is 0 Å². The van der Waals surface area contributed by atoms with Crippen LogP contribution in [0.15, 0.2) is 45.2 Å². The highest BCUT2D eigenvalue weighted by Gasteiger charge is 2.28. The Bertz CT molecular complexity index is 1410. The van der Waals surface area contributed by atoms with Crippen molar-refractivity contribution in [2.24, 2.45) is 15.9 Å². The number of hydrogen-bond acceptors (Lipinski definition) is 9. The fourth-order valence-electron chi connectivity index (χ4n) is 6.74. The molecule has 2 aromatic rings. The van der Waals surface area contributed by atoms with Crippen molar-refractivity contribution < 1.29 is 19.4 Å². The van der Waals surface area contributed by atoms with Crippen LogP contribution < -0.4 is 0 Å². The lowest BCUT2D eigenvalue weighted by Gasteiger charge is -2.26. The van der Waals surface area contributed by atoms with Crippen LogP contribution in [-0.4, -0.2) is 70.2 Å². The molecule has 2 unspecified atom stereocenters. The van der Waals surface area contributed by atoms with Crippen molar-refractivity contribution in [3.63, 3.8) is 0 Å². The van der Waals surface area contributed by atoms with Crippen LogP contribution in [0.25, 0.3) is 0 Å². The van der Waals surface area contributed by atoms with E-state index in [4.69, 9.17) is 19.7 Å². The molecule has 2 aliphatic carbocycles. The molecule has 0 spiro atoms. The molecule has 1 saturated heterocycles. The van der Waals surface area contributed by atoms with Crippen LogP contribution in [-0.2, 0) is 20.9 Å². The van der Waals surface area contributed by atoms with Crippen LogP contribution >= 0.6 is 11.8 Å². The lowest BCUT2D eigenvalue weighted by atomic mass is 9.88. The van der Waals surface area contributed by atoms with E-state index >= 15 is 0 Å². The summed E-state index contributed by atoms with van der Waals surface area (Å²) < 4.78 is 5.56. The number of carbonyl (C=O) groups excluding carboxylic acids is 2. The van der Waals surface area contributed by atoms with Crippen LogP contribution in [0, 0.1) is 5.92 Å². The van der Waals surface area contributed by atoms with E-state index in [0.717, 1.165) is 92.4 Å². The molecular weight excluding hydrogens is 572 g/mol. The highest BCUT2D eigenvalue weighted by atomic mass is 32.2. The summed E-state index contributed by atoms with van der Waals surface area (Å²) >= 11 is 1.69. The van der Waals surface area contributed by atoms with E-state index < -0.39 is 0 Å². The molecule has 2 saturated carbocycles. The van der Waals surface area contributed by atoms with E-state index in [2.05, 4.69) is 42.2 Å². The first-order valence-corrected chi connectivity index (χ1v) is 17.2. The first kappa shape index (κ1) is 31.3. The summed E-state index contributed by atoms with van der Waals surface area (Å²) in [5.41, 5.74) is 3.45. The van der Waals surface area contributed by atoms with Crippen LogP contribution in [0.3, 0.4) is 0 Å². The summed E-state index contributed by atoms with van der Waals surface area (Å²) in [6.07, 6.45) is 9.02. The molecule has 6 rings (SSSR count). The molecule has 1 aromatic heterocycles. The Morgan fingerprint density at radius 3 is 2.59 bits per heavy atom. The SMILES string of the molecule is CC1CCC(=Nc2cc(CN3CCOCC3)cc(N=CC3CCC(O)CC3)n2)Sc2cc(C3CCC(=O)CCC3=O)ccc21. The molecule has 0 bridgehead atoms. The van der Waals surface area contributed by atoms with Gasteiger partial charge in [0, 0.05) is 55.9 Å². The number of aromatic nitrogens is 1. The molecular formula is C35H44N4O4S. The monoisotopic (exact) mass is 616 g/mol. The van der Waals surface area contributed by atoms with Crippen molar-refractivity contribution in [3.05, 3.63) is 47.0 Å². The number of aliphatic hydroxyl groups is 1. The van der Waals surface area contributed by atoms with Crippen molar-refractivity contribution in [3.8, 4) is 0 Å². The topological polar surface area (TPSA) is 104 Å².